The van der Waals surface area contributed by atoms with E-state index in [2.05, 4.69) is 5.32 Å². The molecule has 0 aliphatic carbocycles. The molecular weight excluding hydrogens is 460 g/mol. The van der Waals surface area contributed by atoms with E-state index in [4.69, 9.17) is 21.1 Å². The van der Waals surface area contributed by atoms with Gasteiger partial charge in [0.2, 0.25) is 15.9 Å². The fourth-order valence-corrected chi connectivity index (χ4v) is 5.37. The Morgan fingerprint density at radius 1 is 1.19 bits per heavy atom. The Balaban J connectivity index is 1.58. The molecule has 0 radical (unpaired) electrons. The molecule has 7 nitrogen and oxygen atoms in total. The highest BCUT2D eigenvalue weighted by Gasteiger charge is 2.30. The highest BCUT2D eigenvalue weighted by Crippen LogP contribution is 2.35. The van der Waals surface area contributed by atoms with Gasteiger partial charge in [-0.25, -0.2) is 8.42 Å². The van der Waals surface area contributed by atoms with Gasteiger partial charge in [0, 0.05) is 29.1 Å². The number of fused-ring (bicyclic) bond motifs is 1. The van der Waals surface area contributed by atoms with Gasteiger partial charge in [0.1, 0.15) is 19.3 Å². The van der Waals surface area contributed by atoms with Crippen LogP contribution in [0.2, 0.25) is 5.02 Å². The first-order valence-corrected chi connectivity index (χ1v) is 13.1. The van der Waals surface area contributed by atoms with E-state index in [1.165, 1.54) is 0 Å². The molecule has 168 valence electrons. The van der Waals surface area contributed by atoms with Crippen molar-refractivity contribution >= 4 is 45.0 Å². The first-order chi connectivity index (χ1) is 14.8. The first-order valence-electron chi connectivity index (χ1n) is 9.74. The number of carbonyl (C=O) groups is 1. The molecular formula is C21H25ClN2O5S2. The quantitative estimate of drug-likeness (QED) is 0.549. The van der Waals surface area contributed by atoms with Crippen molar-refractivity contribution in [3.8, 4) is 11.5 Å². The zero-order chi connectivity index (χ0) is 22.4. The zero-order valence-electron chi connectivity index (χ0n) is 17.3. The molecule has 3 rings (SSSR count). The van der Waals surface area contributed by atoms with Crippen LogP contribution in [0.4, 0.5) is 5.69 Å². The van der Waals surface area contributed by atoms with Crippen molar-refractivity contribution in [1.82, 2.24) is 5.32 Å². The molecule has 1 aliphatic heterocycles. The molecule has 0 aromatic heterocycles. The van der Waals surface area contributed by atoms with Gasteiger partial charge < -0.3 is 14.8 Å². The van der Waals surface area contributed by atoms with Crippen molar-refractivity contribution in [2.75, 3.05) is 36.1 Å². The summed E-state index contributed by atoms with van der Waals surface area (Å²) in [6.45, 7) is 2.81. The summed E-state index contributed by atoms with van der Waals surface area (Å²) in [7, 11) is -3.71. The number of sulfonamides is 1. The number of nitrogens with zero attached hydrogens (tertiary/aromatic N) is 1. The van der Waals surface area contributed by atoms with Crippen molar-refractivity contribution in [3.05, 3.63) is 53.1 Å². The van der Waals surface area contributed by atoms with Crippen LogP contribution in [0.3, 0.4) is 0 Å². The molecule has 31 heavy (non-hydrogen) atoms. The van der Waals surface area contributed by atoms with E-state index in [0.717, 1.165) is 21.9 Å². The molecule has 1 aliphatic rings. The number of amides is 1. The number of rotatable bonds is 9. The third-order valence-corrected chi connectivity index (χ3v) is 7.08. The van der Waals surface area contributed by atoms with Gasteiger partial charge >= 0.3 is 0 Å². The van der Waals surface area contributed by atoms with Crippen LogP contribution in [0.15, 0.2) is 42.5 Å². The smallest absolute Gasteiger partial charge is 0.243 e. The average molecular weight is 485 g/mol. The molecule has 10 heteroatoms. The fraction of sp³-hybridized carbons (Fsp3) is 0.381. The molecule has 0 spiro atoms. The number of ether oxygens (including phenoxy) is 2. The summed E-state index contributed by atoms with van der Waals surface area (Å²) in [5.74, 6) is 2.11. The van der Waals surface area contributed by atoms with Gasteiger partial charge in [-0.3, -0.25) is 9.10 Å². The number of hydrogen-bond donors (Lipinski definition) is 1. The summed E-state index contributed by atoms with van der Waals surface area (Å²) in [5.41, 5.74) is 1.46. The monoisotopic (exact) mass is 484 g/mol. The second-order valence-electron chi connectivity index (χ2n) is 7.04. The molecule has 1 atom stereocenters. The molecule has 1 amide bonds. The highest BCUT2D eigenvalue weighted by atomic mass is 35.5. The molecule has 0 unspecified atom stereocenters. The standard InChI is InChI=1S/C21H25ClN2O5S2/c1-15(21(25)23-8-11-30-14-16-4-3-5-17(22)12-16)24(31(2,26)27)18-6-7-19-20(13-18)29-10-9-28-19/h3-7,12-13,15H,8-11,14H2,1-2H3,(H,23,25)/t15-/m0/s1. The number of thioether (sulfide) groups is 1. The Morgan fingerprint density at radius 3 is 2.65 bits per heavy atom. The lowest BCUT2D eigenvalue weighted by molar-refractivity contribution is -0.121. The minimum atomic E-state index is -3.71. The Hall–Kier alpha value is -2.10. The third-order valence-electron chi connectivity index (χ3n) is 4.57. The first kappa shape index (κ1) is 23.6. The highest BCUT2D eigenvalue weighted by molar-refractivity contribution is 7.98. The minimum Gasteiger partial charge on any atom is -0.486 e. The van der Waals surface area contributed by atoms with Crippen LogP contribution in [-0.4, -0.2) is 52.1 Å². The fourth-order valence-electron chi connectivity index (χ4n) is 3.19. The van der Waals surface area contributed by atoms with Gasteiger partial charge in [-0.1, -0.05) is 23.7 Å². The molecule has 0 bridgehead atoms. The number of nitrogens with one attached hydrogen (secondary N) is 1. The summed E-state index contributed by atoms with van der Waals surface area (Å²) in [4.78, 5) is 12.7. The van der Waals surface area contributed by atoms with E-state index in [1.54, 1.807) is 36.9 Å². The number of hydrogen-bond acceptors (Lipinski definition) is 6. The van der Waals surface area contributed by atoms with Crippen LogP contribution in [0.5, 0.6) is 11.5 Å². The average Bonchev–Trinajstić information content (AvgIpc) is 2.72. The predicted octanol–water partition coefficient (Wildman–Crippen LogP) is 3.32. The molecule has 2 aromatic rings. The molecule has 1 heterocycles. The van der Waals surface area contributed by atoms with Gasteiger partial charge in [-0.2, -0.15) is 11.8 Å². The second kappa shape index (κ2) is 10.5. The Morgan fingerprint density at radius 2 is 1.94 bits per heavy atom. The maximum Gasteiger partial charge on any atom is 0.243 e. The van der Waals surface area contributed by atoms with Crippen molar-refractivity contribution in [2.45, 2.75) is 18.7 Å². The van der Waals surface area contributed by atoms with E-state index in [1.807, 2.05) is 24.3 Å². The van der Waals surface area contributed by atoms with E-state index in [-0.39, 0.29) is 5.91 Å². The molecule has 0 saturated heterocycles. The largest absolute Gasteiger partial charge is 0.486 e. The lowest BCUT2D eigenvalue weighted by atomic mass is 10.2. The Bertz CT molecular complexity index is 1030. The molecule has 2 aromatic carbocycles. The van der Waals surface area contributed by atoms with Crippen molar-refractivity contribution in [3.63, 3.8) is 0 Å². The summed E-state index contributed by atoms with van der Waals surface area (Å²) in [5, 5.41) is 3.51. The van der Waals surface area contributed by atoms with Crippen molar-refractivity contribution < 1.29 is 22.7 Å². The van der Waals surface area contributed by atoms with Crippen LogP contribution in [-0.2, 0) is 20.6 Å². The predicted molar refractivity (Wildman–Crippen MR) is 125 cm³/mol. The summed E-state index contributed by atoms with van der Waals surface area (Å²) < 4.78 is 37.1. The molecule has 1 N–H and O–H groups in total. The van der Waals surface area contributed by atoms with Crippen LogP contribution >= 0.6 is 23.4 Å². The van der Waals surface area contributed by atoms with Gasteiger partial charge in [0.25, 0.3) is 0 Å². The number of halogens is 1. The van der Waals surface area contributed by atoms with Crippen molar-refractivity contribution in [1.29, 1.82) is 0 Å². The van der Waals surface area contributed by atoms with Crippen LogP contribution in [0.25, 0.3) is 0 Å². The van der Waals surface area contributed by atoms with Gasteiger partial charge in [-0.05, 0) is 36.8 Å². The van der Waals surface area contributed by atoms with Crippen LogP contribution in [0, 0.1) is 0 Å². The maximum atomic E-state index is 12.7. The second-order valence-corrected chi connectivity index (χ2v) is 10.4. The molecule has 0 saturated carbocycles. The lowest BCUT2D eigenvalue weighted by Crippen LogP contribution is -2.48. The summed E-state index contributed by atoms with van der Waals surface area (Å²) in [6.07, 6.45) is 1.08. The van der Waals surface area contributed by atoms with E-state index < -0.39 is 16.1 Å². The van der Waals surface area contributed by atoms with E-state index in [9.17, 15) is 13.2 Å². The van der Waals surface area contributed by atoms with Gasteiger partial charge in [-0.15, -0.1) is 0 Å². The normalized spacial score (nSPS) is 14.0. The topological polar surface area (TPSA) is 84.9 Å². The Kier molecular flexibility index (Phi) is 7.96. The number of benzene rings is 2. The number of anilines is 1. The van der Waals surface area contributed by atoms with E-state index in [0.29, 0.717) is 47.7 Å². The minimum absolute atomic E-state index is 0.352. The number of carbonyl (C=O) groups excluding carboxylic acids is 1. The maximum absolute atomic E-state index is 12.7. The lowest BCUT2D eigenvalue weighted by Gasteiger charge is -2.29. The SMILES string of the molecule is C[C@@H](C(=O)NCCSCc1cccc(Cl)c1)N(c1ccc2c(c1)OCCO2)S(C)(=O)=O. The summed E-state index contributed by atoms with van der Waals surface area (Å²) >= 11 is 7.64. The van der Waals surface area contributed by atoms with Crippen LogP contribution < -0.4 is 19.1 Å². The summed E-state index contributed by atoms with van der Waals surface area (Å²) in [6, 6.07) is 11.6. The van der Waals surface area contributed by atoms with E-state index >= 15 is 0 Å². The van der Waals surface area contributed by atoms with Crippen LogP contribution in [0.1, 0.15) is 12.5 Å². The third kappa shape index (κ3) is 6.44. The van der Waals surface area contributed by atoms with Crippen molar-refractivity contribution in [2.24, 2.45) is 0 Å². The Labute approximate surface area is 192 Å². The zero-order valence-corrected chi connectivity index (χ0v) is 19.7. The van der Waals surface area contributed by atoms with Gasteiger partial charge in [0.15, 0.2) is 11.5 Å². The molecule has 0 fully saturated rings. The van der Waals surface area contributed by atoms with Gasteiger partial charge in [0.05, 0.1) is 11.9 Å².